The van der Waals surface area contributed by atoms with Crippen LogP contribution in [0.1, 0.15) is 33.6 Å². The topological polar surface area (TPSA) is 17.1 Å². The van der Waals surface area contributed by atoms with Crippen molar-refractivity contribution in [1.29, 1.82) is 0 Å². The van der Waals surface area contributed by atoms with Crippen molar-refractivity contribution >= 4 is 5.78 Å². The molecule has 0 saturated heterocycles. The number of Topliss-reactive ketones (excluding diaryl/α,β-unsaturated/α-hetero) is 1. The fourth-order valence-electron chi connectivity index (χ4n) is 1.65. The van der Waals surface area contributed by atoms with Crippen LogP contribution in [-0.2, 0) is 4.79 Å². The number of ketones is 1. The second kappa shape index (κ2) is 6.26. The molecular weight excluding hydrogens is 196 g/mol. The predicted octanol–water partition coefficient (Wildman–Crippen LogP) is 3.99. The van der Waals surface area contributed by atoms with E-state index in [0.717, 1.165) is 24.0 Å². The molecule has 0 radical (unpaired) electrons. The van der Waals surface area contributed by atoms with Crippen molar-refractivity contribution in [3.05, 3.63) is 47.6 Å². The van der Waals surface area contributed by atoms with Crippen LogP contribution in [0.5, 0.6) is 0 Å². The maximum absolute atomic E-state index is 12.1. The molecule has 0 fully saturated rings. The van der Waals surface area contributed by atoms with E-state index in [1.807, 2.05) is 44.2 Å². The van der Waals surface area contributed by atoms with E-state index >= 15 is 0 Å². The van der Waals surface area contributed by atoms with Gasteiger partial charge in [0.2, 0.25) is 0 Å². The summed E-state index contributed by atoms with van der Waals surface area (Å²) in [5.74, 6) is 0.727. The number of carbonyl (C=O) groups is 1. The Morgan fingerprint density at radius 2 is 2.31 bits per heavy atom. The molecule has 1 unspecified atom stereocenters. The molecule has 16 heavy (non-hydrogen) atoms. The number of rotatable bonds is 4. The van der Waals surface area contributed by atoms with Crippen LogP contribution in [0.25, 0.3) is 0 Å². The smallest absolute Gasteiger partial charge is 0.188 e. The highest BCUT2D eigenvalue weighted by Crippen LogP contribution is 2.19. The largest absolute Gasteiger partial charge is 0.289 e. The molecular formula is C15H20O. The van der Waals surface area contributed by atoms with Crippen molar-refractivity contribution in [2.75, 3.05) is 0 Å². The van der Waals surface area contributed by atoms with E-state index in [1.165, 1.54) is 0 Å². The zero-order chi connectivity index (χ0) is 12.0. The van der Waals surface area contributed by atoms with E-state index in [4.69, 9.17) is 0 Å². The van der Waals surface area contributed by atoms with Gasteiger partial charge in [-0.1, -0.05) is 50.3 Å². The van der Waals surface area contributed by atoms with Crippen LogP contribution in [0.2, 0.25) is 0 Å². The average Bonchev–Trinajstić information content (AvgIpc) is 2.30. The SMILES string of the molecule is C/C=C\C=C(/CC)C(=O)C1=CCC(C)C=C1. The van der Waals surface area contributed by atoms with Crippen LogP contribution in [0, 0.1) is 5.92 Å². The van der Waals surface area contributed by atoms with Gasteiger partial charge in [0.15, 0.2) is 5.78 Å². The molecule has 0 heterocycles. The summed E-state index contributed by atoms with van der Waals surface area (Å²) in [4.78, 5) is 12.1. The Morgan fingerprint density at radius 1 is 1.56 bits per heavy atom. The van der Waals surface area contributed by atoms with Crippen molar-refractivity contribution in [2.45, 2.75) is 33.6 Å². The highest BCUT2D eigenvalue weighted by molar-refractivity contribution is 6.10. The van der Waals surface area contributed by atoms with Crippen LogP contribution in [0.3, 0.4) is 0 Å². The lowest BCUT2D eigenvalue weighted by atomic mass is 9.92. The molecule has 1 aliphatic rings. The Morgan fingerprint density at radius 3 is 2.81 bits per heavy atom. The van der Waals surface area contributed by atoms with Gasteiger partial charge in [-0.2, -0.15) is 0 Å². The number of allylic oxidation sites excluding steroid dienone is 8. The van der Waals surface area contributed by atoms with Gasteiger partial charge >= 0.3 is 0 Å². The normalized spacial score (nSPS) is 21.3. The second-order valence-corrected chi connectivity index (χ2v) is 4.13. The summed E-state index contributed by atoms with van der Waals surface area (Å²) in [6.07, 6.45) is 13.6. The van der Waals surface area contributed by atoms with E-state index in [-0.39, 0.29) is 5.78 Å². The molecule has 1 nitrogen and oxygen atoms in total. The lowest BCUT2D eigenvalue weighted by Crippen LogP contribution is -2.07. The van der Waals surface area contributed by atoms with Gasteiger partial charge < -0.3 is 0 Å². The Balaban J connectivity index is 2.81. The third kappa shape index (κ3) is 3.34. The molecule has 1 aliphatic carbocycles. The van der Waals surface area contributed by atoms with E-state index < -0.39 is 0 Å². The summed E-state index contributed by atoms with van der Waals surface area (Å²) in [7, 11) is 0. The molecule has 86 valence electrons. The predicted molar refractivity (Wildman–Crippen MR) is 69.2 cm³/mol. The van der Waals surface area contributed by atoms with Gasteiger partial charge in [0.1, 0.15) is 0 Å². The molecule has 1 heteroatoms. The Hall–Kier alpha value is -1.37. The van der Waals surface area contributed by atoms with Crippen molar-refractivity contribution in [2.24, 2.45) is 5.92 Å². The molecule has 0 bridgehead atoms. The average molecular weight is 216 g/mol. The summed E-state index contributed by atoms with van der Waals surface area (Å²) >= 11 is 0. The van der Waals surface area contributed by atoms with Crippen molar-refractivity contribution in [1.82, 2.24) is 0 Å². The number of hydrogen-bond donors (Lipinski definition) is 0. The van der Waals surface area contributed by atoms with Gasteiger partial charge in [-0.15, -0.1) is 0 Å². The van der Waals surface area contributed by atoms with Gasteiger partial charge in [0.25, 0.3) is 0 Å². The first-order valence-electron chi connectivity index (χ1n) is 5.94. The molecule has 1 rings (SSSR count). The molecule has 0 amide bonds. The van der Waals surface area contributed by atoms with Crippen LogP contribution >= 0.6 is 0 Å². The summed E-state index contributed by atoms with van der Waals surface area (Å²) in [5.41, 5.74) is 1.72. The zero-order valence-electron chi connectivity index (χ0n) is 10.4. The monoisotopic (exact) mass is 216 g/mol. The molecule has 0 N–H and O–H groups in total. The van der Waals surface area contributed by atoms with E-state index in [0.29, 0.717) is 5.92 Å². The van der Waals surface area contributed by atoms with Crippen LogP contribution in [0.4, 0.5) is 0 Å². The molecule has 0 aromatic rings. The van der Waals surface area contributed by atoms with Crippen molar-refractivity contribution in [3.8, 4) is 0 Å². The van der Waals surface area contributed by atoms with E-state index in [2.05, 4.69) is 13.0 Å². The molecule has 1 atom stereocenters. The van der Waals surface area contributed by atoms with Gasteiger partial charge in [-0.25, -0.2) is 0 Å². The minimum absolute atomic E-state index is 0.170. The molecule has 0 aliphatic heterocycles. The Kier molecular flexibility index (Phi) is 4.97. The van der Waals surface area contributed by atoms with Gasteiger partial charge in [-0.3, -0.25) is 4.79 Å². The first-order valence-corrected chi connectivity index (χ1v) is 5.94. The molecule has 0 saturated carbocycles. The van der Waals surface area contributed by atoms with Crippen LogP contribution < -0.4 is 0 Å². The lowest BCUT2D eigenvalue weighted by Gasteiger charge is -2.11. The van der Waals surface area contributed by atoms with Crippen LogP contribution in [0.15, 0.2) is 47.6 Å². The lowest BCUT2D eigenvalue weighted by molar-refractivity contribution is -0.112. The van der Waals surface area contributed by atoms with Crippen LogP contribution in [-0.4, -0.2) is 5.78 Å². The Bertz CT molecular complexity index is 367. The zero-order valence-corrected chi connectivity index (χ0v) is 10.4. The number of carbonyl (C=O) groups excluding carboxylic acids is 1. The summed E-state index contributed by atoms with van der Waals surface area (Å²) in [5, 5.41) is 0. The third-order valence-electron chi connectivity index (χ3n) is 2.74. The van der Waals surface area contributed by atoms with Gasteiger partial charge in [-0.05, 0) is 31.3 Å². The summed E-state index contributed by atoms with van der Waals surface area (Å²) < 4.78 is 0. The minimum Gasteiger partial charge on any atom is -0.289 e. The number of hydrogen-bond acceptors (Lipinski definition) is 1. The highest BCUT2D eigenvalue weighted by atomic mass is 16.1. The minimum atomic E-state index is 0.170. The fourth-order valence-corrected chi connectivity index (χ4v) is 1.65. The van der Waals surface area contributed by atoms with Gasteiger partial charge in [0, 0.05) is 5.57 Å². The molecule has 0 aromatic heterocycles. The second-order valence-electron chi connectivity index (χ2n) is 4.13. The fraction of sp³-hybridized carbons (Fsp3) is 0.400. The molecule has 0 aromatic carbocycles. The third-order valence-corrected chi connectivity index (χ3v) is 2.74. The van der Waals surface area contributed by atoms with E-state index in [9.17, 15) is 4.79 Å². The summed E-state index contributed by atoms with van der Waals surface area (Å²) in [6, 6.07) is 0. The maximum atomic E-state index is 12.1. The maximum Gasteiger partial charge on any atom is 0.188 e. The van der Waals surface area contributed by atoms with Crippen molar-refractivity contribution < 1.29 is 4.79 Å². The highest BCUT2D eigenvalue weighted by Gasteiger charge is 2.13. The quantitative estimate of drug-likeness (QED) is 0.513. The van der Waals surface area contributed by atoms with Crippen molar-refractivity contribution in [3.63, 3.8) is 0 Å². The first-order chi connectivity index (χ1) is 7.69. The van der Waals surface area contributed by atoms with E-state index in [1.54, 1.807) is 0 Å². The standard InChI is InChI=1S/C15H20O/c1-4-6-7-13(5-2)15(16)14-10-8-12(3)9-11-14/h4,6-8,10-12H,5,9H2,1-3H3/b6-4-,13-7+. The Labute approximate surface area is 98.2 Å². The molecule has 0 spiro atoms. The first kappa shape index (κ1) is 12.7. The van der Waals surface area contributed by atoms with Gasteiger partial charge in [0.05, 0.1) is 0 Å². The summed E-state index contributed by atoms with van der Waals surface area (Å²) in [6.45, 7) is 6.13.